The number of benzene rings is 3. The number of sulfonamides is 1. The lowest BCUT2D eigenvalue weighted by Gasteiger charge is -2.34. The molecule has 0 bridgehead atoms. The lowest BCUT2D eigenvalue weighted by Crippen LogP contribution is -2.53. The number of amides is 2. The van der Waals surface area contributed by atoms with Crippen molar-refractivity contribution < 1.29 is 31.9 Å². The quantitative estimate of drug-likeness (QED) is 0.261. The molecule has 44 heavy (non-hydrogen) atoms. The van der Waals surface area contributed by atoms with Gasteiger partial charge in [-0.3, -0.25) is 13.9 Å². The van der Waals surface area contributed by atoms with Gasteiger partial charge in [-0.2, -0.15) is 0 Å². The second kappa shape index (κ2) is 15.1. The van der Waals surface area contributed by atoms with Gasteiger partial charge in [0, 0.05) is 12.6 Å². The molecule has 1 N–H and O–H groups in total. The molecule has 4 rings (SSSR count). The SMILES string of the molecule is CCOc1ccc(N(CC(=O)N(Cc2cccc(OC)c2)[C@H](CC)C(=O)NC2CCCC2)S(=O)(=O)c2ccc(F)cc2)cc1. The Morgan fingerprint density at radius 3 is 2.27 bits per heavy atom. The smallest absolute Gasteiger partial charge is 0.264 e. The Bertz CT molecular complexity index is 1510. The minimum atomic E-state index is -4.32. The summed E-state index contributed by atoms with van der Waals surface area (Å²) in [5.41, 5.74) is 0.940. The fraction of sp³-hybridized carbons (Fsp3) is 0.394. The lowest BCUT2D eigenvalue weighted by molar-refractivity contribution is -0.140. The fourth-order valence-corrected chi connectivity index (χ4v) is 6.81. The Kier molecular flexibility index (Phi) is 11.2. The number of hydrogen-bond acceptors (Lipinski definition) is 6. The Labute approximate surface area is 259 Å². The minimum absolute atomic E-state index is 0.0459. The molecule has 11 heteroatoms. The molecule has 0 saturated heterocycles. The molecule has 236 valence electrons. The third-order valence-electron chi connectivity index (χ3n) is 7.69. The molecule has 1 saturated carbocycles. The van der Waals surface area contributed by atoms with Crippen LogP contribution < -0.4 is 19.1 Å². The summed E-state index contributed by atoms with van der Waals surface area (Å²) in [6, 6.07) is 17.2. The molecule has 0 radical (unpaired) electrons. The summed E-state index contributed by atoms with van der Waals surface area (Å²) in [4.78, 5) is 29.1. The van der Waals surface area contributed by atoms with Crippen molar-refractivity contribution in [3.05, 3.63) is 84.2 Å². The largest absolute Gasteiger partial charge is 0.497 e. The van der Waals surface area contributed by atoms with Gasteiger partial charge in [-0.15, -0.1) is 0 Å². The summed E-state index contributed by atoms with van der Waals surface area (Å²) < 4.78 is 53.5. The van der Waals surface area contributed by atoms with E-state index >= 15 is 0 Å². The van der Waals surface area contributed by atoms with Crippen LogP contribution in [-0.4, -0.2) is 57.5 Å². The lowest BCUT2D eigenvalue weighted by atomic mass is 10.1. The second-order valence-corrected chi connectivity index (χ2v) is 12.5. The van der Waals surface area contributed by atoms with Crippen LogP contribution in [0.5, 0.6) is 11.5 Å². The zero-order valence-electron chi connectivity index (χ0n) is 25.4. The van der Waals surface area contributed by atoms with Crippen LogP contribution in [0.15, 0.2) is 77.7 Å². The molecule has 0 aromatic heterocycles. The number of rotatable bonds is 14. The highest BCUT2D eigenvalue weighted by molar-refractivity contribution is 7.92. The summed E-state index contributed by atoms with van der Waals surface area (Å²) in [5, 5.41) is 3.10. The first-order valence-electron chi connectivity index (χ1n) is 14.9. The predicted molar refractivity (Wildman–Crippen MR) is 167 cm³/mol. The summed E-state index contributed by atoms with van der Waals surface area (Å²) in [6.45, 7) is 3.55. The standard InChI is InChI=1S/C33H40FN3O6S/c1-4-31(33(39)35-26-10-6-7-11-26)36(22-24-9-8-12-29(21-24)42-3)32(38)23-37(27-15-17-28(18-16-27)43-5-2)44(40,41)30-19-13-25(34)14-20-30/h8-9,12-21,26,31H,4-7,10-11,22-23H2,1-3H3,(H,35,39)/t31-/m1/s1. The topological polar surface area (TPSA) is 105 Å². The first-order chi connectivity index (χ1) is 21.2. The highest BCUT2D eigenvalue weighted by atomic mass is 32.2. The Morgan fingerprint density at radius 1 is 0.977 bits per heavy atom. The molecule has 0 heterocycles. The predicted octanol–water partition coefficient (Wildman–Crippen LogP) is 5.29. The molecule has 1 aliphatic carbocycles. The normalized spacial score (nSPS) is 14.1. The Morgan fingerprint density at radius 2 is 1.66 bits per heavy atom. The van der Waals surface area contributed by atoms with Crippen molar-refractivity contribution in [3.63, 3.8) is 0 Å². The molecule has 1 fully saturated rings. The van der Waals surface area contributed by atoms with Crippen LogP contribution in [0.25, 0.3) is 0 Å². The maximum atomic E-state index is 14.3. The van der Waals surface area contributed by atoms with Gasteiger partial charge in [-0.05, 0) is 92.4 Å². The van der Waals surface area contributed by atoms with Crippen LogP contribution in [-0.2, 0) is 26.2 Å². The van der Waals surface area contributed by atoms with E-state index in [1.54, 1.807) is 49.6 Å². The van der Waals surface area contributed by atoms with Crippen molar-refractivity contribution >= 4 is 27.5 Å². The van der Waals surface area contributed by atoms with Gasteiger partial charge < -0.3 is 19.7 Å². The van der Waals surface area contributed by atoms with E-state index in [-0.39, 0.29) is 29.1 Å². The van der Waals surface area contributed by atoms with Crippen molar-refractivity contribution in [2.24, 2.45) is 0 Å². The van der Waals surface area contributed by atoms with E-state index in [2.05, 4.69) is 5.32 Å². The van der Waals surface area contributed by atoms with Gasteiger partial charge in [0.05, 0.1) is 24.3 Å². The average Bonchev–Trinajstić information content (AvgIpc) is 3.53. The summed E-state index contributed by atoms with van der Waals surface area (Å²) in [6.07, 6.45) is 4.15. The third kappa shape index (κ3) is 8.07. The van der Waals surface area contributed by atoms with Crippen molar-refractivity contribution in [2.75, 3.05) is 24.6 Å². The number of carbonyl (C=O) groups is 2. The van der Waals surface area contributed by atoms with Gasteiger partial charge >= 0.3 is 0 Å². The third-order valence-corrected chi connectivity index (χ3v) is 9.48. The number of nitrogens with one attached hydrogen (secondary N) is 1. The summed E-state index contributed by atoms with van der Waals surface area (Å²) >= 11 is 0. The van der Waals surface area contributed by atoms with E-state index < -0.39 is 34.3 Å². The van der Waals surface area contributed by atoms with Gasteiger partial charge in [0.1, 0.15) is 29.9 Å². The number of nitrogens with zero attached hydrogens (tertiary/aromatic N) is 2. The zero-order valence-corrected chi connectivity index (χ0v) is 26.2. The molecule has 0 aliphatic heterocycles. The van der Waals surface area contributed by atoms with E-state index in [0.29, 0.717) is 24.5 Å². The van der Waals surface area contributed by atoms with E-state index in [9.17, 15) is 22.4 Å². The van der Waals surface area contributed by atoms with E-state index in [1.807, 2.05) is 19.9 Å². The van der Waals surface area contributed by atoms with Crippen LogP contribution in [0.3, 0.4) is 0 Å². The van der Waals surface area contributed by atoms with Crippen LogP contribution in [0.4, 0.5) is 10.1 Å². The first-order valence-corrected chi connectivity index (χ1v) is 16.3. The monoisotopic (exact) mass is 625 g/mol. The summed E-state index contributed by atoms with van der Waals surface area (Å²) in [5.74, 6) is -0.300. The van der Waals surface area contributed by atoms with E-state index in [1.165, 1.54) is 4.90 Å². The number of anilines is 1. The maximum Gasteiger partial charge on any atom is 0.264 e. The Balaban J connectivity index is 1.72. The molecule has 1 aliphatic rings. The zero-order chi connectivity index (χ0) is 31.7. The van der Waals surface area contributed by atoms with Crippen molar-refractivity contribution in [1.29, 1.82) is 0 Å². The number of carbonyl (C=O) groups excluding carboxylic acids is 2. The highest BCUT2D eigenvalue weighted by Crippen LogP contribution is 2.27. The molecule has 1 atom stereocenters. The van der Waals surface area contributed by atoms with Gasteiger partial charge in [0.15, 0.2) is 0 Å². The first kappa shape index (κ1) is 32.8. The molecule has 0 spiro atoms. The molecular weight excluding hydrogens is 585 g/mol. The minimum Gasteiger partial charge on any atom is -0.497 e. The van der Waals surface area contributed by atoms with Gasteiger partial charge in [0.25, 0.3) is 10.0 Å². The highest BCUT2D eigenvalue weighted by Gasteiger charge is 2.34. The molecule has 2 amide bonds. The number of halogens is 1. The second-order valence-electron chi connectivity index (χ2n) is 10.7. The summed E-state index contributed by atoms with van der Waals surface area (Å²) in [7, 11) is -2.78. The van der Waals surface area contributed by atoms with Crippen LogP contribution in [0.1, 0.15) is 51.5 Å². The molecule has 9 nitrogen and oxygen atoms in total. The van der Waals surface area contributed by atoms with Crippen LogP contribution in [0, 0.1) is 5.82 Å². The van der Waals surface area contributed by atoms with E-state index in [4.69, 9.17) is 9.47 Å². The Hall–Kier alpha value is -4.12. The maximum absolute atomic E-state index is 14.3. The van der Waals surface area contributed by atoms with Crippen molar-refractivity contribution in [3.8, 4) is 11.5 Å². The number of methoxy groups -OCH3 is 1. The number of ether oxygens (including phenoxy) is 2. The average molecular weight is 626 g/mol. The molecule has 3 aromatic carbocycles. The molecular formula is C33H40FN3O6S. The van der Waals surface area contributed by atoms with Gasteiger partial charge in [-0.25, -0.2) is 12.8 Å². The molecule has 3 aromatic rings. The van der Waals surface area contributed by atoms with Gasteiger partial charge in [-0.1, -0.05) is 31.9 Å². The van der Waals surface area contributed by atoms with Gasteiger partial charge in [0.2, 0.25) is 11.8 Å². The number of hydrogen-bond donors (Lipinski definition) is 1. The fourth-order valence-electron chi connectivity index (χ4n) is 5.39. The van der Waals surface area contributed by atoms with Crippen LogP contribution in [0.2, 0.25) is 0 Å². The van der Waals surface area contributed by atoms with Crippen LogP contribution >= 0.6 is 0 Å². The van der Waals surface area contributed by atoms with Crippen molar-refractivity contribution in [1.82, 2.24) is 10.2 Å². The van der Waals surface area contributed by atoms with E-state index in [0.717, 1.165) is 59.8 Å². The van der Waals surface area contributed by atoms with Crippen molar-refractivity contribution in [2.45, 2.75) is 69.5 Å². The molecule has 0 unspecified atom stereocenters.